The molecule has 1 aliphatic carbocycles. The molecule has 4 nitrogen and oxygen atoms in total. The third kappa shape index (κ3) is 1.49. The molecule has 18 heavy (non-hydrogen) atoms. The predicted octanol–water partition coefficient (Wildman–Crippen LogP) is 1.83. The Morgan fingerprint density at radius 1 is 1.39 bits per heavy atom. The van der Waals surface area contributed by atoms with Crippen molar-refractivity contribution >= 4 is 16.8 Å². The lowest BCUT2D eigenvalue weighted by molar-refractivity contribution is -0.125. The van der Waals surface area contributed by atoms with E-state index in [-0.39, 0.29) is 12.3 Å². The van der Waals surface area contributed by atoms with E-state index in [4.69, 9.17) is 5.73 Å². The molecule has 0 radical (unpaired) electrons. The molecule has 1 aliphatic rings. The molecule has 94 valence electrons. The minimum Gasteiger partial charge on any atom is -0.324 e. The largest absolute Gasteiger partial charge is 0.324 e. The highest BCUT2D eigenvalue weighted by atomic mass is 16.1. The Morgan fingerprint density at radius 3 is 2.89 bits per heavy atom. The molecule has 1 saturated carbocycles. The van der Waals surface area contributed by atoms with Crippen molar-refractivity contribution in [3.8, 4) is 0 Å². The molecule has 4 heteroatoms. The summed E-state index contributed by atoms with van der Waals surface area (Å²) in [5.41, 5.74) is 6.04. The number of hydrogen-bond donors (Lipinski definition) is 1. The molecule has 0 aliphatic heterocycles. The summed E-state index contributed by atoms with van der Waals surface area (Å²) in [6, 6.07) is 5.96. The number of Topliss-reactive ketones (excluding diaryl/α,β-unsaturated/α-hetero) is 1. The van der Waals surface area contributed by atoms with E-state index in [1.165, 1.54) is 0 Å². The van der Waals surface area contributed by atoms with Crippen LogP contribution in [0.1, 0.15) is 25.7 Å². The van der Waals surface area contributed by atoms with Crippen LogP contribution >= 0.6 is 0 Å². The molecule has 1 fully saturated rings. The summed E-state index contributed by atoms with van der Waals surface area (Å²) in [5, 5.41) is 1.08. The maximum atomic E-state index is 12.3. The van der Waals surface area contributed by atoms with Crippen molar-refractivity contribution in [1.29, 1.82) is 0 Å². The van der Waals surface area contributed by atoms with Gasteiger partial charge in [-0.15, -0.1) is 0 Å². The zero-order valence-electron chi connectivity index (χ0n) is 10.3. The number of rotatable bonds is 3. The zero-order chi connectivity index (χ0) is 12.6. The highest BCUT2D eigenvalue weighted by Crippen LogP contribution is 2.39. The number of carbonyl (C=O) groups excluding carboxylic acids is 1. The standard InChI is InChI=1S/C14H17N3O/c15-10-12(18)14(6-1-2-7-14)17-9-5-11-4-3-8-16-13(11)17/h3-5,8-9H,1-2,6-7,10,15H2. The van der Waals surface area contributed by atoms with Crippen LogP contribution in [0.25, 0.3) is 11.0 Å². The molecule has 0 unspecified atom stereocenters. The first-order chi connectivity index (χ1) is 8.78. The molecule has 0 atom stereocenters. The topological polar surface area (TPSA) is 60.9 Å². The van der Waals surface area contributed by atoms with Gasteiger partial charge in [-0.3, -0.25) is 4.79 Å². The maximum absolute atomic E-state index is 12.3. The van der Waals surface area contributed by atoms with Gasteiger partial charge in [-0.25, -0.2) is 4.98 Å². The van der Waals surface area contributed by atoms with Crippen molar-refractivity contribution in [2.75, 3.05) is 6.54 Å². The van der Waals surface area contributed by atoms with E-state index < -0.39 is 5.54 Å². The van der Waals surface area contributed by atoms with Gasteiger partial charge >= 0.3 is 0 Å². The van der Waals surface area contributed by atoms with Gasteiger partial charge < -0.3 is 10.3 Å². The quantitative estimate of drug-likeness (QED) is 0.894. The van der Waals surface area contributed by atoms with Crippen LogP contribution in [-0.2, 0) is 10.3 Å². The van der Waals surface area contributed by atoms with Crippen molar-refractivity contribution in [3.05, 3.63) is 30.6 Å². The van der Waals surface area contributed by atoms with E-state index in [9.17, 15) is 4.79 Å². The molecule has 0 bridgehead atoms. The Balaban J connectivity index is 2.19. The molecule has 0 aromatic carbocycles. The fourth-order valence-electron chi connectivity index (χ4n) is 3.12. The van der Waals surface area contributed by atoms with E-state index in [0.29, 0.717) is 0 Å². The number of ketones is 1. The molecule has 3 rings (SSSR count). The van der Waals surface area contributed by atoms with E-state index in [0.717, 1.165) is 36.7 Å². The van der Waals surface area contributed by atoms with Gasteiger partial charge in [0, 0.05) is 17.8 Å². The van der Waals surface area contributed by atoms with E-state index in [1.807, 2.05) is 29.0 Å². The fraction of sp³-hybridized carbons (Fsp3) is 0.429. The summed E-state index contributed by atoms with van der Waals surface area (Å²) in [4.78, 5) is 16.7. The maximum Gasteiger partial charge on any atom is 0.172 e. The zero-order valence-corrected chi connectivity index (χ0v) is 10.3. The van der Waals surface area contributed by atoms with Crippen molar-refractivity contribution in [2.45, 2.75) is 31.2 Å². The molecule has 2 aromatic heterocycles. The van der Waals surface area contributed by atoms with Gasteiger partial charge in [-0.2, -0.15) is 0 Å². The summed E-state index contributed by atoms with van der Waals surface area (Å²) in [6.45, 7) is 0.104. The first-order valence-corrected chi connectivity index (χ1v) is 6.44. The van der Waals surface area contributed by atoms with Crippen LogP contribution in [0.15, 0.2) is 30.6 Å². The van der Waals surface area contributed by atoms with E-state index in [1.54, 1.807) is 6.20 Å². The molecule has 2 N–H and O–H groups in total. The van der Waals surface area contributed by atoms with Crippen LogP contribution in [-0.4, -0.2) is 21.9 Å². The van der Waals surface area contributed by atoms with Crippen LogP contribution in [0.2, 0.25) is 0 Å². The molecule has 0 amide bonds. The van der Waals surface area contributed by atoms with Crippen molar-refractivity contribution < 1.29 is 4.79 Å². The smallest absolute Gasteiger partial charge is 0.172 e. The third-order valence-electron chi connectivity index (χ3n) is 4.04. The van der Waals surface area contributed by atoms with Crippen LogP contribution in [0, 0.1) is 0 Å². The molecular formula is C14H17N3O. The number of aromatic nitrogens is 2. The summed E-state index contributed by atoms with van der Waals surface area (Å²) in [6.07, 6.45) is 7.67. The number of fused-ring (bicyclic) bond motifs is 1. The average molecular weight is 243 g/mol. The lowest BCUT2D eigenvalue weighted by Gasteiger charge is -2.29. The van der Waals surface area contributed by atoms with Gasteiger partial charge in [0.05, 0.1) is 6.54 Å². The number of pyridine rings is 1. The van der Waals surface area contributed by atoms with E-state index >= 15 is 0 Å². The Hall–Kier alpha value is -1.68. The number of nitrogens with zero attached hydrogens (tertiary/aromatic N) is 2. The minimum atomic E-state index is -0.454. The van der Waals surface area contributed by atoms with Gasteiger partial charge in [0.25, 0.3) is 0 Å². The predicted molar refractivity (Wildman–Crippen MR) is 70.2 cm³/mol. The summed E-state index contributed by atoms with van der Waals surface area (Å²) in [5.74, 6) is 0.128. The first kappa shape index (κ1) is 11.4. The average Bonchev–Trinajstić information content (AvgIpc) is 3.04. The van der Waals surface area contributed by atoms with Crippen LogP contribution in [0.3, 0.4) is 0 Å². The van der Waals surface area contributed by atoms with Gasteiger partial charge in [0.15, 0.2) is 5.78 Å². The first-order valence-electron chi connectivity index (χ1n) is 6.44. The van der Waals surface area contributed by atoms with Gasteiger partial charge in [0.1, 0.15) is 11.2 Å². The summed E-state index contributed by atoms with van der Waals surface area (Å²) < 4.78 is 2.05. The molecular weight excluding hydrogens is 226 g/mol. The van der Waals surface area contributed by atoms with Crippen LogP contribution < -0.4 is 5.73 Å². The monoisotopic (exact) mass is 243 g/mol. The fourth-order valence-corrected chi connectivity index (χ4v) is 3.12. The normalized spacial score (nSPS) is 18.3. The van der Waals surface area contributed by atoms with Crippen molar-refractivity contribution in [1.82, 2.24) is 9.55 Å². The van der Waals surface area contributed by atoms with Gasteiger partial charge in [-0.1, -0.05) is 12.8 Å². The third-order valence-corrected chi connectivity index (χ3v) is 4.04. The van der Waals surface area contributed by atoms with Gasteiger partial charge in [0.2, 0.25) is 0 Å². The summed E-state index contributed by atoms with van der Waals surface area (Å²) in [7, 11) is 0. The molecule has 2 aromatic rings. The number of carbonyl (C=O) groups is 1. The number of hydrogen-bond acceptors (Lipinski definition) is 3. The second-order valence-corrected chi connectivity index (χ2v) is 4.97. The van der Waals surface area contributed by atoms with Gasteiger partial charge in [-0.05, 0) is 31.0 Å². The van der Waals surface area contributed by atoms with Crippen LogP contribution in [0.4, 0.5) is 0 Å². The van der Waals surface area contributed by atoms with Crippen molar-refractivity contribution in [2.24, 2.45) is 5.73 Å². The second-order valence-electron chi connectivity index (χ2n) is 4.97. The number of nitrogens with two attached hydrogens (primary N) is 1. The van der Waals surface area contributed by atoms with Crippen LogP contribution in [0.5, 0.6) is 0 Å². The molecule has 0 saturated heterocycles. The minimum absolute atomic E-state index is 0.104. The molecule has 0 spiro atoms. The lowest BCUT2D eigenvalue weighted by Crippen LogP contribution is -2.42. The SMILES string of the molecule is NCC(=O)C1(n2ccc3cccnc32)CCCC1. The Kier molecular flexibility index (Phi) is 2.67. The van der Waals surface area contributed by atoms with Crippen molar-refractivity contribution in [3.63, 3.8) is 0 Å². The van der Waals surface area contributed by atoms with E-state index in [2.05, 4.69) is 4.98 Å². The Labute approximate surface area is 106 Å². The second kappa shape index (κ2) is 4.21. The highest BCUT2D eigenvalue weighted by Gasteiger charge is 2.42. The summed E-state index contributed by atoms with van der Waals surface area (Å²) >= 11 is 0. The lowest BCUT2D eigenvalue weighted by atomic mass is 9.91. The Morgan fingerprint density at radius 2 is 2.17 bits per heavy atom. The Bertz CT molecular complexity index is 581. The molecule has 2 heterocycles. The highest BCUT2D eigenvalue weighted by molar-refractivity contribution is 5.90.